The minimum absolute atomic E-state index is 0.115. The van der Waals surface area contributed by atoms with Crippen molar-refractivity contribution in [3.63, 3.8) is 0 Å². The van der Waals surface area contributed by atoms with Crippen molar-refractivity contribution in [3.05, 3.63) is 182 Å². The van der Waals surface area contributed by atoms with Crippen LogP contribution in [-0.4, -0.2) is 37.2 Å². The van der Waals surface area contributed by atoms with Gasteiger partial charge in [-0.2, -0.15) is 0 Å². The molecule has 0 amide bonds. The van der Waals surface area contributed by atoms with Crippen LogP contribution in [0.1, 0.15) is 265 Å². The lowest BCUT2D eigenvalue weighted by Crippen LogP contribution is -2.30. The van der Waals surface area contributed by atoms with E-state index in [-0.39, 0.29) is 37.5 Å². The first-order chi connectivity index (χ1) is 41.0. The van der Waals surface area contributed by atoms with Crippen molar-refractivity contribution in [1.29, 1.82) is 0 Å². The van der Waals surface area contributed by atoms with Gasteiger partial charge in [-0.3, -0.25) is 14.4 Å². The molecular weight excluding hydrogens is 1020 g/mol. The van der Waals surface area contributed by atoms with Gasteiger partial charge in [0.2, 0.25) is 0 Å². The van der Waals surface area contributed by atoms with Crippen LogP contribution in [0.2, 0.25) is 0 Å². The Kier molecular flexibility index (Phi) is 64.4. The van der Waals surface area contributed by atoms with Gasteiger partial charge >= 0.3 is 17.9 Å². The number of esters is 3. The molecule has 0 N–H and O–H groups in total. The summed E-state index contributed by atoms with van der Waals surface area (Å²) in [6.07, 6.45) is 103. The van der Waals surface area contributed by atoms with Crippen LogP contribution in [0.3, 0.4) is 0 Å². The predicted molar refractivity (Wildman–Crippen MR) is 361 cm³/mol. The number of carbonyl (C=O) groups is 3. The lowest BCUT2D eigenvalue weighted by Gasteiger charge is -2.18. The van der Waals surface area contributed by atoms with Crippen LogP contribution in [-0.2, 0) is 28.6 Å². The minimum atomic E-state index is -0.827. The van der Waals surface area contributed by atoms with Gasteiger partial charge in [-0.1, -0.05) is 293 Å². The summed E-state index contributed by atoms with van der Waals surface area (Å²) in [4.78, 5) is 38.3. The Morgan fingerprint density at radius 2 is 0.482 bits per heavy atom. The lowest BCUT2D eigenvalue weighted by molar-refractivity contribution is -0.167. The van der Waals surface area contributed by atoms with E-state index in [4.69, 9.17) is 14.2 Å². The Morgan fingerprint density at radius 3 is 0.771 bits per heavy atom. The predicted octanol–water partition coefficient (Wildman–Crippen LogP) is 23.2. The number of ether oxygens (including phenoxy) is 3. The van der Waals surface area contributed by atoms with Crippen molar-refractivity contribution >= 4 is 17.9 Å². The second-order valence-electron chi connectivity index (χ2n) is 21.3. The Morgan fingerprint density at radius 1 is 0.253 bits per heavy atom. The zero-order valence-electron chi connectivity index (χ0n) is 53.1. The highest BCUT2D eigenvalue weighted by Gasteiger charge is 2.19. The summed E-state index contributed by atoms with van der Waals surface area (Å²) in [6, 6.07) is 0. The van der Waals surface area contributed by atoms with Crippen LogP contribution in [0.15, 0.2) is 182 Å². The van der Waals surface area contributed by atoms with Crippen molar-refractivity contribution < 1.29 is 28.6 Å². The van der Waals surface area contributed by atoms with Crippen LogP contribution >= 0.6 is 0 Å². The van der Waals surface area contributed by atoms with Crippen LogP contribution in [0, 0.1) is 0 Å². The van der Waals surface area contributed by atoms with Crippen molar-refractivity contribution in [2.45, 2.75) is 271 Å². The normalized spacial score (nSPS) is 13.3. The molecule has 0 aromatic heterocycles. The molecule has 0 aromatic rings. The second kappa shape index (κ2) is 69.0. The molecule has 0 saturated carbocycles. The molecule has 464 valence electrons. The summed E-state index contributed by atoms with van der Waals surface area (Å²) in [5, 5.41) is 0. The lowest BCUT2D eigenvalue weighted by atomic mass is 10.0. The molecule has 0 bridgehead atoms. The molecule has 0 aromatic carbocycles. The molecule has 0 rings (SSSR count). The average Bonchev–Trinajstić information content (AvgIpc) is 3.49. The zero-order chi connectivity index (χ0) is 59.9. The molecular formula is C77H120O6. The van der Waals surface area contributed by atoms with Crippen molar-refractivity contribution in [1.82, 2.24) is 0 Å². The van der Waals surface area contributed by atoms with E-state index in [1.54, 1.807) is 0 Å². The van der Waals surface area contributed by atoms with Gasteiger partial charge in [-0.05, 0) is 135 Å². The first-order valence-electron chi connectivity index (χ1n) is 33.3. The van der Waals surface area contributed by atoms with Gasteiger partial charge in [0.15, 0.2) is 6.10 Å². The van der Waals surface area contributed by atoms with Crippen molar-refractivity contribution in [2.24, 2.45) is 0 Å². The van der Waals surface area contributed by atoms with E-state index in [1.165, 1.54) is 64.2 Å². The third-order valence-corrected chi connectivity index (χ3v) is 13.4. The summed E-state index contributed by atoms with van der Waals surface area (Å²) >= 11 is 0. The second-order valence-corrected chi connectivity index (χ2v) is 21.3. The van der Waals surface area contributed by atoms with Gasteiger partial charge < -0.3 is 14.2 Å². The van der Waals surface area contributed by atoms with Gasteiger partial charge in [-0.25, -0.2) is 0 Å². The van der Waals surface area contributed by atoms with Gasteiger partial charge in [0, 0.05) is 19.3 Å². The maximum Gasteiger partial charge on any atom is 0.306 e. The summed E-state index contributed by atoms with van der Waals surface area (Å²) in [6.45, 7) is 6.34. The molecule has 1 unspecified atom stereocenters. The molecule has 0 aliphatic carbocycles. The van der Waals surface area contributed by atoms with Gasteiger partial charge in [0.25, 0.3) is 0 Å². The van der Waals surface area contributed by atoms with E-state index in [9.17, 15) is 14.4 Å². The quantitative estimate of drug-likeness (QED) is 0.0261. The van der Waals surface area contributed by atoms with Crippen LogP contribution in [0.25, 0.3) is 0 Å². The number of hydrogen-bond donors (Lipinski definition) is 0. The maximum atomic E-state index is 12.9. The summed E-state index contributed by atoms with van der Waals surface area (Å²) in [5.41, 5.74) is 0. The average molecular weight is 1140 g/mol. The third-order valence-electron chi connectivity index (χ3n) is 13.4. The SMILES string of the molecule is CC/C=C\C/C=C\C/C=C\C/C=C\C/C=C\C/C=C\C/C=C\C/C=C\C/C=C\C/C=C\CCCCCCC(=O)OCC(COC(=O)CCCCCCCCCCCCCCC)OC(=O)CCC/C=C\C/C=C\C/C=C\C/C=C\C/C=C\CC. The van der Waals surface area contributed by atoms with Crippen molar-refractivity contribution in [2.75, 3.05) is 13.2 Å². The molecule has 0 aliphatic rings. The number of unbranched alkanes of at least 4 members (excludes halogenated alkanes) is 17. The Labute approximate surface area is 510 Å². The van der Waals surface area contributed by atoms with Crippen LogP contribution < -0.4 is 0 Å². The number of rotatable bonds is 58. The molecule has 6 heteroatoms. The van der Waals surface area contributed by atoms with Crippen LogP contribution in [0.4, 0.5) is 0 Å². The van der Waals surface area contributed by atoms with E-state index >= 15 is 0 Å². The number of allylic oxidation sites excluding steroid dienone is 30. The third kappa shape index (κ3) is 67.2. The molecule has 83 heavy (non-hydrogen) atoms. The van der Waals surface area contributed by atoms with Gasteiger partial charge in [0.05, 0.1) is 0 Å². The highest BCUT2D eigenvalue weighted by molar-refractivity contribution is 5.71. The molecule has 0 saturated heterocycles. The fraction of sp³-hybridized carbons (Fsp3) is 0.571. The maximum absolute atomic E-state index is 12.9. The molecule has 0 radical (unpaired) electrons. The first kappa shape index (κ1) is 77.5. The molecule has 0 spiro atoms. The molecule has 0 fully saturated rings. The largest absolute Gasteiger partial charge is 0.462 e. The van der Waals surface area contributed by atoms with E-state index in [2.05, 4.69) is 203 Å². The number of carbonyl (C=O) groups excluding carboxylic acids is 3. The van der Waals surface area contributed by atoms with Gasteiger partial charge in [-0.15, -0.1) is 0 Å². The smallest absolute Gasteiger partial charge is 0.306 e. The summed E-state index contributed by atoms with van der Waals surface area (Å²) in [7, 11) is 0. The Balaban J connectivity index is 4.40. The number of hydrogen-bond acceptors (Lipinski definition) is 6. The van der Waals surface area contributed by atoms with E-state index in [0.29, 0.717) is 19.3 Å². The highest BCUT2D eigenvalue weighted by Crippen LogP contribution is 2.14. The molecule has 6 nitrogen and oxygen atoms in total. The first-order valence-corrected chi connectivity index (χ1v) is 33.3. The summed E-state index contributed by atoms with van der Waals surface area (Å²) in [5.74, 6) is -1.00. The standard InChI is InChI=1S/C77H120O6/c1-4-7-10-13-16-19-22-25-27-29-30-31-32-33-34-35-36-37-38-39-40-41-42-43-44-45-46-48-49-52-55-58-61-64-67-70-76(79)82-73-74(72-81-75(78)69-66-63-60-57-54-51-24-21-18-15-12-9-6-3)83-77(80)71-68-65-62-59-56-53-50-47-28-26-23-20-17-14-11-8-5-2/h7-8,10-11,16-17,19-20,25-28,30-31,33-34,36-37,39-40,42-43,45-46,49-50,52-53,59,62,74H,4-6,9,12-15,18,21-24,29,32,35,38,41,44,47-48,51,54-58,60-61,63-73H2,1-3H3/b10-7-,11-8-,19-16-,20-17-,27-25-,28-26-,31-30-,34-33-,37-36-,40-39-,43-42-,46-45-,52-49-,53-50-,62-59-. The zero-order valence-corrected chi connectivity index (χ0v) is 53.1. The summed E-state index contributed by atoms with van der Waals surface area (Å²) < 4.78 is 16.8. The fourth-order valence-electron chi connectivity index (χ4n) is 8.51. The van der Waals surface area contributed by atoms with Gasteiger partial charge in [0.1, 0.15) is 13.2 Å². The molecule has 0 heterocycles. The van der Waals surface area contributed by atoms with E-state index in [0.717, 1.165) is 154 Å². The molecule has 1 atom stereocenters. The minimum Gasteiger partial charge on any atom is -0.462 e. The van der Waals surface area contributed by atoms with Crippen LogP contribution in [0.5, 0.6) is 0 Å². The monoisotopic (exact) mass is 1140 g/mol. The highest BCUT2D eigenvalue weighted by atomic mass is 16.6. The molecule has 0 aliphatic heterocycles. The topological polar surface area (TPSA) is 78.9 Å². The van der Waals surface area contributed by atoms with E-state index in [1.807, 2.05) is 0 Å². The Bertz CT molecular complexity index is 1940. The van der Waals surface area contributed by atoms with Crippen molar-refractivity contribution in [3.8, 4) is 0 Å². The Hall–Kier alpha value is -5.49. The fourth-order valence-corrected chi connectivity index (χ4v) is 8.51. The van der Waals surface area contributed by atoms with E-state index < -0.39 is 6.10 Å².